The van der Waals surface area contributed by atoms with E-state index in [2.05, 4.69) is 21.3 Å². The molecule has 1 saturated heterocycles. The summed E-state index contributed by atoms with van der Waals surface area (Å²) in [7, 11) is 0. The lowest BCUT2D eigenvalue weighted by atomic mass is 9.93. The number of hydrogen-bond acceptors (Lipinski definition) is 4. The first-order valence-electron chi connectivity index (χ1n) is 8.68. The third-order valence-electron chi connectivity index (χ3n) is 4.95. The normalized spacial score (nSPS) is 22.4. The third-order valence-corrected chi connectivity index (χ3v) is 4.95. The highest BCUT2D eigenvalue weighted by Gasteiger charge is 2.29. The van der Waals surface area contributed by atoms with Crippen molar-refractivity contribution in [3.05, 3.63) is 23.9 Å². The van der Waals surface area contributed by atoms with Gasteiger partial charge in [0, 0.05) is 25.3 Å². The Hall–Kier alpha value is -2.09. The van der Waals surface area contributed by atoms with Crippen molar-refractivity contribution in [2.75, 3.05) is 18.0 Å². The molecule has 122 valence electrons. The van der Waals surface area contributed by atoms with Crippen LogP contribution in [0.1, 0.15) is 50.5 Å². The van der Waals surface area contributed by atoms with Crippen LogP contribution < -0.4 is 10.2 Å². The Morgan fingerprint density at radius 2 is 2.09 bits per heavy atom. The number of aromatic nitrogens is 1. The standard InChI is InChI=1S/C18H24N4O/c19-12-14-6-4-10-20-17(14)22-11-5-7-15(13-22)18(23)21-16-8-2-1-3-9-16/h4,6,10,15-16H,1-3,5,7-9,11,13H2,(H,21,23)/t15-/m1/s1. The van der Waals surface area contributed by atoms with Gasteiger partial charge in [-0.1, -0.05) is 19.3 Å². The van der Waals surface area contributed by atoms with Gasteiger partial charge in [-0.2, -0.15) is 5.26 Å². The van der Waals surface area contributed by atoms with Crippen LogP contribution >= 0.6 is 0 Å². The third kappa shape index (κ3) is 3.82. The summed E-state index contributed by atoms with van der Waals surface area (Å²) >= 11 is 0. The van der Waals surface area contributed by atoms with Crippen LogP contribution in [0, 0.1) is 17.2 Å². The molecular weight excluding hydrogens is 288 g/mol. The zero-order valence-corrected chi connectivity index (χ0v) is 13.5. The molecule has 1 aliphatic heterocycles. The molecular formula is C18H24N4O. The second kappa shape index (κ2) is 7.45. The van der Waals surface area contributed by atoms with Gasteiger partial charge < -0.3 is 10.2 Å². The Labute approximate surface area is 137 Å². The predicted octanol–water partition coefficient (Wildman–Crippen LogP) is 2.62. The van der Waals surface area contributed by atoms with Gasteiger partial charge in [-0.05, 0) is 37.8 Å². The largest absolute Gasteiger partial charge is 0.355 e. The van der Waals surface area contributed by atoms with Crippen molar-refractivity contribution in [1.29, 1.82) is 5.26 Å². The lowest BCUT2D eigenvalue weighted by molar-refractivity contribution is -0.126. The molecule has 1 saturated carbocycles. The van der Waals surface area contributed by atoms with Crippen LogP contribution in [0.15, 0.2) is 18.3 Å². The quantitative estimate of drug-likeness (QED) is 0.931. The van der Waals surface area contributed by atoms with Crippen molar-refractivity contribution in [3.63, 3.8) is 0 Å². The van der Waals surface area contributed by atoms with Gasteiger partial charge in [-0.3, -0.25) is 4.79 Å². The molecule has 5 heteroatoms. The van der Waals surface area contributed by atoms with E-state index in [1.54, 1.807) is 18.3 Å². The van der Waals surface area contributed by atoms with Crippen LogP contribution in [0.2, 0.25) is 0 Å². The van der Waals surface area contributed by atoms with E-state index in [1.807, 2.05) is 0 Å². The molecule has 2 heterocycles. The van der Waals surface area contributed by atoms with Crippen LogP contribution in [0.4, 0.5) is 5.82 Å². The topological polar surface area (TPSA) is 69.0 Å². The molecule has 1 aromatic heterocycles. The van der Waals surface area contributed by atoms with E-state index < -0.39 is 0 Å². The molecule has 1 N–H and O–H groups in total. The molecule has 0 bridgehead atoms. The molecule has 1 atom stereocenters. The molecule has 3 rings (SSSR count). The Balaban J connectivity index is 1.63. The zero-order valence-electron chi connectivity index (χ0n) is 13.5. The first-order chi connectivity index (χ1) is 11.3. The maximum absolute atomic E-state index is 12.6. The van der Waals surface area contributed by atoms with Crippen LogP contribution in [-0.2, 0) is 4.79 Å². The molecule has 1 aliphatic carbocycles. The molecule has 5 nitrogen and oxygen atoms in total. The minimum Gasteiger partial charge on any atom is -0.355 e. The van der Waals surface area contributed by atoms with Crippen LogP contribution in [0.25, 0.3) is 0 Å². The van der Waals surface area contributed by atoms with Crippen molar-refractivity contribution in [1.82, 2.24) is 10.3 Å². The first kappa shape index (κ1) is 15.8. The van der Waals surface area contributed by atoms with E-state index >= 15 is 0 Å². The van der Waals surface area contributed by atoms with Crippen LogP contribution in [-0.4, -0.2) is 30.0 Å². The molecule has 1 amide bonds. The average molecular weight is 312 g/mol. The summed E-state index contributed by atoms with van der Waals surface area (Å²) in [5.74, 6) is 0.889. The highest BCUT2D eigenvalue weighted by molar-refractivity contribution is 5.80. The van der Waals surface area contributed by atoms with Gasteiger partial charge in [0.05, 0.1) is 11.5 Å². The number of piperidine rings is 1. The number of nitrogens with zero attached hydrogens (tertiary/aromatic N) is 3. The van der Waals surface area contributed by atoms with Crippen LogP contribution in [0.5, 0.6) is 0 Å². The lowest BCUT2D eigenvalue weighted by Crippen LogP contribution is -2.46. The van der Waals surface area contributed by atoms with E-state index in [1.165, 1.54) is 19.3 Å². The second-order valence-electron chi connectivity index (χ2n) is 6.62. The molecule has 0 radical (unpaired) electrons. The summed E-state index contributed by atoms with van der Waals surface area (Å²) in [6, 6.07) is 6.12. The fraction of sp³-hybridized carbons (Fsp3) is 0.611. The van der Waals surface area contributed by atoms with Gasteiger partial charge in [-0.15, -0.1) is 0 Å². The van der Waals surface area contributed by atoms with Gasteiger partial charge in [-0.25, -0.2) is 4.98 Å². The van der Waals surface area contributed by atoms with Gasteiger partial charge in [0.25, 0.3) is 0 Å². The number of nitriles is 1. The molecule has 0 unspecified atom stereocenters. The van der Waals surface area contributed by atoms with E-state index in [4.69, 9.17) is 0 Å². The van der Waals surface area contributed by atoms with Crippen molar-refractivity contribution in [2.24, 2.45) is 5.92 Å². The Bertz CT molecular complexity index is 589. The van der Waals surface area contributed by atoms with Gasteiger partial charge >= 0.3 is 0 Å². The van der Waals surface area contributed by atoms with Crippen molar-refractivity contribution in [3.8, 4) is 6.07 Å². The summed E-state index contributed by atoms with van der Waals surface area (Å²) in [6.07, 6.45) is 9.56. The number of anilines is 1. The highest BCUT2D eigenvalue weighted by Crippen LogP contribution is 2.25. The summed E-state index contributed by atoms with van der Waals surface area (Å²) in [5, 5.41) is 12.5. The fourth-order valence-corrected chi connectivity index (χ4v) is 3.69. The van der Waals surface area contributed by atoms with Gasteiger partial charge in [0.2, 0.25) is 5.91 Å². The number of hydrogen-bond donors (Lipinski definition) is 1. The van der Waals surface area contributed by atoms with E-state index in [0.29, 0.717) is 24.0 Å². The second-order valence-corrected chi connectivity index (χ2v) is 6.62. The molecule has 0 aromatic carbocycles. The van der Waals surface area contributed by atoms with Crippen molar-refractivity contribution < 1.29 is 4.79 Å². The first-order valence-corrected chi connectivity index (χ1v) is 8.68. The maximum atomic E-state index is 12.6. The Morgan fingerprint density at radius 3 is 2.87 bits per heavy atom. The molecule has 23 heavy (non-hydrogen) atoms. The van der Waals surface area contributed by atoms with Gasteiger partial charge in [0.1, 0.15) is 11.9 Å². The molecule has 2 aliphatic rings. The molecule has 1 aromatic rings. The maximum Gasteiger partial charge on any atom is 0.225 e. The fourth-order valence-electron chi connectivity index (χ4n) is 3.69. The molecule has 2 fully saturated rings. The minimum absolute atomic E-state index is 0.000717. The average Bonchev–Trinajstić information content (AvgIpc) is 2.62. The minimum atomic E-state index is -0.000717. The van der Waals surface area contributed by atoms with Crippen molar-refractivity contribution in [2.45, 2.75) is 51.0 Å². The highest BCUT2D eigenvalue weighted by atomic mass is 16.2. The number of carbonyl (C=O) groups is 1. The summed E-state index contributed by atoms with van der Waals surface area (Å²) in [6.45, 7) is 1.52. The van der Waals surface area contributed by atoms with E-state index in [-0.39, 0.29) is 11.8 Å². The molecule has 0 spiro atoms. The Morgan fingerprint density at radius 1 is 1.26 bits per heavy atom. The number of amides is 1. The number of nitrogens with one attached hydrogen (secondary N) is 1. The SMILES string of the molecule is N#Cc1cccnc1N1CCC[C@@H](C(=O)NC2CCCCC2)C1. The van der Waals surface area contributed by atoms with Crippen LogP contribution in [0.3, 0.4) is 0 Å². The zero-order chi connectivity index (χ0) is 16.1. The summed E-state index contributed by atoms with van der Waals surface area (Å²) in [5.41, 5.74) is 0.584. The summed E-state index contributed by atoms with van der Waals surface area (Å²) < 4.78 is 0. The van der Waals surface area contributed by atoms with E-state index in [9.17, 15) is 10.1 Å². The van der Waals surface area contributed by atoms with Gasteiger partial charge in [0.15, 0.2) is 0 Å². The smallest absolute Gasteiger partial charge is 0.225 e. The van der Waals surface area contributed by atoms with E-state index in [0.717, 1.165) is 32.2 Å². The monoisotopic (exact) mass is 312 g/mol. The number of rotatable bonds is 3. The number of carbonyl (C=O) groups excluding carboxylic acids is 1. The predicted molar refractivity (Wildman–Crippen MR) is 88.9 cm³/mol. The number of pyridine rings is 1. The van der Waals surface area contributed by atoms with Crippen molar-refractivity contribution >= 4 is 11.7 Å². The summed E-state index contributed by atoms with van der Waals surface area (Å²) in [4.78, 5) is 19.0. The Kier molecular flexibility index (Phi) is 5.12. The lowest BCUT2D eigenvalue weighted by Gasteiger charge is -2.34.